The van der Waals surface area contributed by atoms with E-state index in [1.54, 1.807) is 52.0 Å². The van der Waals surface area contributed by atoms with Crippen LogP contribution in [0.15, 0.2) is 60.3 Å². The van der Waals surface area contributed by atoms with Crippen LogP contribution in [0.1, 0.15) is 143 Å². The van der Waals surface area contributed by atoms with Crippen LogP contribution in [0, 0.1) is 11.8 Å². The molecule has 16 atom stereocenters. The summed E-state index contributed by atoms with van der Waals surface area (Å²) < 4.78 is 11.4. The standard InChI is InChI=1S/C74H109N13O22/c1-10-40(5)61-69(102)81-52(38-88)66(99)77-48(11-2)65(98)83-62(41(6)89)70(103)79-50(27-22-43-20-25-46(108-9)26-21-43)72(105)86-31-12-15-53(86)67(100)80-51(35-47(36-58(93)57(92)33-39(3)4)109-74(107)56(84(8)42(7)90)34-44-18-23-45(91)24-19-44)63(96)71(104)78-49(28-29-59(75)94)64(97)76-37-60(95)85-30-14-17-55(85)73(106)87-32-13-16-54(87)68(101)82-61/h11,18-21,23-26,39-41,47,49-58,61-63,88-89,91-93,96H,10,12-17,22,27-38H2,1-9H3,(H2,75,94)(H,76,97)(H,77,99)(H,78,104)(H,79,103)(H,80,100)(H,81,102)(H,82,101)(H,83,98)/b48-11+/t40-,41+,47?,49-,50?,51?,52-,53-,54-,55-,56?,57?,58?,61+,62-,63?/m0/s1. The third kappa shape index (κ3) is 24.8. The van der Waals surface area contributed by atoms with E-state index in [1.165, 1.54) is 62.1 Å². The van der Waals surface area contributed by atoms with Crippen LogP contribution in [0.25, 0.3) is 0 Å². The van der Waals surface area contributed by atoms with E-state index in [0.717, 1.165) is 22.8 Å². The van der Waals surface area contributed by atoms with Crippen molar-refractivity contribution in [3.8, 4) is 11.5 Å². The predicted molar refractivity (Wildman–Crippen MR) is 389 cm³/mol. The smallest absolute Gasteiger partial charge is 0.329 e. The van der Waals surface area contributed by atoms with Crippen LogP contribution >= 0.6 is 0 Å². The summed E-state index contributed by atoms with van der Waals surface area (Å²) in [5.74, 6) is -14.2. The summed E-state index contributed by atoms with van der Waals surface area (Å²) in [6.07, 6.45) is -9.84. The Kier molecular flexibility index (Phi) is 33.6. The summed E-state index contributed by atoms with van der Waals surface area (Å²) in [7, 11) is 2.76. The molecule has 2 aromatic carbocycles. The molecule has 0 aliphatic carbocycles. The fraction of sp³-hybridized carbons (Fsp3) is 0.622. The maximum absolute atomic E-state index is 15.3. The number of nitrogens with two attached hydrogens (primary N) is 1. The van der Waals surface area contributed by atoms with E-state index in [9.17, 15) is 88.2 Å². The average Bonchev–Trinajstić information content (AvgIpc) is 1.71. The summed E-state index contributed by atoms with van der Waals surface area (Å²) in [6.45, 7) is 8.56. The number of phenols is 1. The number of hydrogen-bond acceptors (Lipinski definition) is 22. The quantitative estimate of drug-likeness (QED) is 0.0388. The molecule has 35 nitrogen and oxygen atoms in total. The van der Waals surface area contributed by atoms with Crippen molar-refractivity contribution in [2.75, 3.05) is 46.9 Å². The number of rotatable bonds is 23. The number of nitrogens with one attached hydrogen (secondary N) is 8. The van der Waals surface area contributed by atoms with Gasteiger partial charge in [-0.3, -0.25) is 62.3 Å². The molecule has 0 bridgehead atoms. The molecule has 0 aromatic heterocycles. The number of carbonyl (C=O) groups excluding carboxylic acids is 14. The molecule has 0 saturated carbocycles. The zero-order chi connectivity index (χ0) is 80.7. The van der Waals surface area contributed by atoms with Crippen molar-refractivity contribution in [2.24, 2.45) is 17.6 Å². The number of aliphatic hydroxyl groups excluding tert-OH is 5. The monoisotopic (exact) mass is 1530 g/mol. The minimum atomic E-state index is -2.52. The molecule has 0 radical (unpaired) electrons. The topological polar surface area (TPSA) is 514 Å². The summed E-state index contributed by atoms with van der Waals surface area (Å²) in [5, 5.41) is 87.1. The highest BCUT2D eigenvalue weighted by molar-refractivity contribution is 6.03. The number of aryl methyl sites for hydroxylation is 1. The number of esters is 1. The number of ether oxygens (including phenoxy) is 2. The van der Waals surface area contributed by atoms with Gasteiger partial charge in [0.1, 0.15) is 77.7 Å². The number of allylic oxidation sites excluding steroid dienone is 1. The number of primary amides is 1. The van der Waals surface area contributed by atoms with Crippen molar-refractivity contribution >= 4 is 82.8 Å². The van der Waals surface area contributed by atoms with Crippen molar-refractivity contribution < 1.29 is 107 Å². The molecule has 4 saturated heterocycles. The Bertz CT molecular complexity index is 3580. The first kappa shape index (κ1) is 88.1. The van der Waals surface area contributed by atoms with Crippen LogP contribution in [0.3, 0.4) is 0 Å². The Morgan fingerprint density at radius 2 is 1.22 bits per heavy atom. The van der Waals surface area contributed by atoms with E-state index >= 15 is 9.59 Å². The molecule has 16 N–H and O–H groups in total. The van der Waals surface area contributed by atoms with Crippen LogP contribution < -0.4 is 53.0 Å². The maximum atomic E-state index is 15.3. The first-order valence-corrected chi connectivity index (χ1v) is 37.1. The van der Waals surface area contributed by atoms with Crippen molar-refractivity contribution in [1.82, 2.24) is 62.1 Å². The van der Waals surface area contributed by atoms with E-state index in [1.807, 2.05) is 0 Å². The van der Waals surface area contributed by atoms with Crippen LogP contribution in [-0.2, 0) is 84.7 Å². The number of amides is 13. The fourth-order valence-electron chi connectivity index (χ4n) is 13.6. The van der Waals surface area contributed by atoms with Gasteiger partial charge in [0.05, 0.1) is 44.6 Å². The highest BCUT2D eigenvalue weighted by atomic mass is 16.5. The van der Waals surface area contributed by atoms with Gasteiger partial charge in [-0.15, -0.1) is 0 Å². The molecule has 0 spiro atoms. The number of fused-ring (bicyclic) bond motifs is 3. The summed E-state index contributed by atoms with van der Waals surface area (Å²) in [4.78, 5) is 205. The second-order valence-corrected chi connectivity index (χ2v) is 28.7. The number of carbonyl (C=O) groups is 14. The van der Waals surface area contributed by atoms with Gasteiger partial charge in [-0.1, -0.05) is 64.5 Å². The van der Waals surface area contributed by atoms with E-state index in [2.05, 4.69) is 42.5 Å². The Morgan fingerprint density at radius 3 is 1.79 bits per heavy atom. The number of hydrogen-bond donors (Lipinski definition) is 15. The SMILES string of the molecule is C/C=C1/NC(=O)[C@H](CO)NC(=O)[C@@H]([C@@H](C)CC)NC(=O)[C@@H]2CCCN2C(=O)[C@@H]2CCCN2C(=O)CNC(=O)[C@H](CCC(N)=O)NC(=O)C(O)C(CC(CC(O)C(O)CC(C)C)OC(=O)C(Cc2ccc(O)cc2)N(C)C(C)=O)NC(=O)[C@@H]2CCCN2C(=O)C(CCc2ccc(OC)cc2)NC(=O)[C@H]([C@@H](C)O)NC1=O. The molecule has 602 valence electrons. The van der Waals surface area contributed by atoms with Crippen LogP contribution in [0.5, 0.6) is 11.5 Å². The molecular weight excluding hydrogens is 1420 g/mol. The Labute approximate surface area is 632 Å². The lowest BCUT2D eigenvalue weighted by Crippen LogP contribution is -2.61. The van der Waals surface area contributed by atoms with Crippen LogP contribution in [-0.4, -0.2) is 271 Å². The number of aliphatic hydroxyl groups is 5. The van der Waals surface area contributed by atoms with E-state index in [0.29, 0.717) is 36.1 Å². The van der Waals surface area contributed by atoms with E-state index in [-0.39, 0.29) is 82.7 Å². The lowest BCUT2D eigenvalue weighted by molar-refractivity contribution is -0.162. The number of methoxy groups -OCH3 is 1. The molecule has 109 heavy (non-hydrogen) atoms. The van der Waals surface area contributed by atoms with E-state index in [4.69, 9.17) is 15.2 Å². The van der Waals surface area contributed by atoms with Gasteiger partial charge in [0.2, 0.25) is 65.0 Å². The van der Waals surface area contributed by atoms with Crippen molar-refractivity contribution in [3.63, 3.8) is 0 Å². The summed E-state index contributed by atoms with van der Waals surface area (Å²) in [6, 6.07) is -3.38. The zero-order valence-electron chi connectivity index (χ0n) is 63.2. The second kappa shape index (κ2) is 41.6. The van der Waals surface area contributed by atoms with Gasteiger partial charge in [0.25, 0.3) is 11.8 Å². The zero-order valence-corrected chi connectivity index (χ0v) is 63.2. The minimum absolute atomic E-state index is 0.00637. The van der Waals surface area contributed by atoms with Crippen LogP contribution in [0.2, 0.25) is 0 Å². The normalized spacial score (nSPS) is 25.8. The molecule has 2 aromatic rings. The third-order valence-corrected chi connectivity index (χ3v) is 20.2. The van der Waals surface area contributed by atoms with Crippen LogP contribution in [0.4, 0.5) is 0 Å². The van der Waals surface area contributed by atoms with Gasteiger partial charge in [0.15, 0.2) is 6.10 Å². The van der Waals surface area contributed by atoms with Crippen molar-refractivity contribution in [2.45, 2.75) is 236 Å². The van der Waals surface area contributed by atoms with Gasteiger partial charge in [-0.25, -0.2) is 4.79 Å². The summed E-state index contributed by atoms with van der Waals surface area (Å²) in [5.41, 5.74) is 6.07. The van der Waals surface area contributed by atoms with Gasteiger partial charge < -0.3 is 108 Å². The number of benzene rings is 2. The molecule has 4 fully saturated rings. The fourth-order valence-corrected chi connectivity index (χ4v) is 13.6. The first-order valence-electron chi connectivity index (χ1n) is 37.1. The number of nitrogens with zero attached hydrogens (tertiary/aromatic N) is 4. The second-order valence-electron chi connectivity index (χ2n) is 28.7. The molecule has 7 unspecified atom stereocenters. The van der Waals surface area contributed by atoms with Gasteiger partial charge >= 0.3 is 5.97 Å². The predicted octanol–water partition coefficient (Wildman–Crippen LogP) is -3.04. The first-order chi connectivity index (χ1) is 51.6. The number of phenolic OH excluding ortho intramolecular Hbond substituents is 1. The average molecular weight is 1530 g/mol. The lowest BCUT2D eigenvalue weighted by atomic mass is 9.93. The molecule has 4 aliphatic rings. The van der Waals surface area contributed by atoms with Gasteiger partial charge in [-0.05, 0) is 125 Å². The molecule has 13 amide bonds. The van der Waals surface area contributed by atoms with Crippen molar-refractivity contribution in [1.29, 1.82) is 0 Å². The highest BCUT2D eigenvalue weighted by Crippen LogP contribution is 2.28. The van der Waals surface area contributed by atoms with E-state index < -0.39 is 224 Å². The largest absolute Gasteiger partial charge is 0.508 e. The van der Waals surface area contributed by atoms with Crippen molar-refractivity contribution in [3.05, 3.63) is 71.4 Å². The third-order valence-electron chi connectivity index (χ3n) is 20.2. The number of likely N-dealkylation sites (N-methyl/N-ethyl adjacent to an activating group) is 1. The Morgan fingerprint density at radius 1 is 0.661 bits per heavy atom. The minimum Gasteiger partial charge on any atom is -0.508 e. The molecular formula is C74H109N13O22. The Hall–Kier alpha value is -9.84. The maximum Gasteiger partial charge on any atom is 0.329 e. The van der Waals surface area contributed by atoms with Gasteiger partial charge in [0, 0.05) is 59.3 Å². The molecule has 35 heteroatoms. The molecule has 4 heterocycles. The highest BCUT2D eigenvalue weighted by Gasteiger charge is 2.46. The summed E-state index contributed by atoms with van der Waals surface area (Å²) >= 11 is 0. The lowest BCUT2D eigenvalue weighted by Gasteiger charge is -2.34. The van der Waals surface area contributed by atoms with Gasteiger partial charge in [-0.2, -0.15) is 0 Å². The molecule has 4 aliphatic heterocycles. The number of aromatic hydroxyl groups is 1. The Balaban J connectivity index is 1.46. The molecule has 6 rings (SSSR count).